The van der Waals surface area contributed by atoms with E-state index in [9.17, 15) is 4.79 Å². The van der Waals surface area contributed by atoms with Crippen molar-refractivity contribution in [3.05, 3.63) is 29.3 Å². The van der Waals surface area contributed by atoms with Gasteiger partial charge in [-0.1, -0.05) is 6.07 Å². The summed E-state index contributed by atoms with van der Waals surface area (Å²) >= 11 is 1.75. The lowest BCUT2D eigenvalue weighted by molar-refractivity contribution is -0.138. The van der Waals surface area contributed by atoms with Gasteiger partial charge in [0.1, 0.15) is 11.8 Å². The fourth-order valence-electron chi connectivity index (χ4n) is 2.17. The third-order valence-electron chi connectivity index (χ3n) is 3.55. The molecule has 0 atom stereocenters. The van der Waals surface area contributed by atoms with E-state index in [0.29, 0.717) is 11.3 Å². The number of methoxy groups -OCH3 is 1. The van der Waals surface area contributed by atoms with Crippen LogP contribution in [0, 0.1) is 16.7 Å². The maximum absolute atomic E-state index is 10.8. The summed E-state index contributed by atoms with van der Waals surface area (Å²) in [5.41, 5.74) is 1.65. The lowest BCUT2D eigenvalue weighted by Gasteiger charge is -2.12. The topological polar surface area (TPSA) is 70.3 Å². The Kier molecular flexibility index (Phi) is 4.56. The molecule has 1 aliphatic carbocycles. The zero-order valence-electron chi connectivity index (χ0n) is 11.4. The van der Waals surface area contributed by atoms with Gasteiger partial charge in [0, 0.05) is 5.75 Å². The van der Waals surface area contributed by atoms with Gasteiger partial charge in [0.05, 0.1) is 19.1 Å². The number of hydrogen-bond acceptors (Lipinski definition) is 4. The lowest BCUT2D eigenvalue weighted by Crippen LogP contribution is -2.11. The van der Waals surface area contributed by atoms with Crippen molar-refractivity contribution in [3.8, 4) is 11.8 Å². The summed E-state index contributed by atoms with van der Waals surface area (Å²) in [7, 11) is 1.55. The van der Waals surface area contributed by atoms with Crippen LogP contribution in [-0.2, 0) is 10.5 Å². The van der Waals surface area contributed by atoms with Gasteiger partial charge in [0.15, 0.2) is 0 Å². The number of nitriles is 1. The molecule has 0 amide bonds. The first kappa shape index (κ1) is 14.7. The summed E-state index contributed by atoms with van der Waals surface area (Å²) in [6.45, 7) is 0. The Morgan fingerprint density at radius 1 is 1.55 bits per heavy atom. The maximum atomic E-state index is 10.8. The van der Waals surface area contributed by atoms with Crippen LogP contribution in [0.4, 0.5) is 0 Å². The van der Waals surface area contributed by atoms with Crippen LogP contribution in [0.1, 0.15) is 30.4 Å². The Bertz CT molecular complexity index is 547. The second-order valence-corrected chi connectivity index (χ2v) is 6.20. The van der Waals surface area contributed by atoms with E-state index >= 15 is 0 Å². The number of benzene rings is 1. The minimum Gasteiger partial charge on any atom is -0.495 e. The smallest absolute Gasteiger partial charge is 0.303 e. The SMILES string of the molecule is COc1cc(CSCC2(CC(=O)O)CC2)ccc1C#N. The highest BCUT2D eigenvalue weighted by molar-refractivity contribution is 7.98. The molecule has 0 aliphatic heterocycles. The Balaban J connectivity index is 1.89. The summed E-state index contributed by atoms with van der Waals surface area (Å²) in [5.74, 6) is 1.57. The van der Waals surface area contributed by atoms with Gasteiger partial charge in [-0.05, 0) is 41.7 Å². The van der Waals surface area contributed by atoms with Gasteiger partial charge in [0.2, 0.25) is 0 Å². The summed E-state index contributed by atoms with van der Waals surface area (Å²) < 4.78 is 5.18. The summed E-state index contributed by atoms with van der Waals surface area (Å²) in [5, 5.41) is 17.8. The average Bonchev–Trinajstić information content (AvgIpc) is 3.17. The van der Waals surface area contributed by atoms with E-state index in [2.05, 4.69) is 6.07 Å². The summed E-state index contributed by atoms with van der Waals surface area (Å²) in [4.78, 5) is 10.8. The molecule has 0 unspecified atom stereocenters. The molecule has 0 bridgehead atoms. The Morgan fingerprint density at radius 3 is 2.85 bits per heavy atom. The number of carbonyl (C=O) groups is 1. The fourth-order valence-corrected chi connectivity index (χ4v) is 3.51. The van der Waals surface area contributed by atoms with Crippen molar-refractivity contribution in [2.24, 2.45) is 5.41 Å². The normalized spacial score (nSPS) is 15.4. The van der Waals surface area contributed by atoms with Gasteiger partial charge in [0.25, 0.3) is 0 Å². The molecule has 1 N–H and O–H groups in total. The Hall–Kier alpha value is -1.67. The number of carboxylic acid groups (broad SMARTS) is 1. The highest BCUT2D eigenvalue weighted by atomic mass is 32.2. The van der Waals surface area contributed by atoms with E-state index in [4.69, 9.17) is 15.1 Å². The Labute approximate surface area is 122 Å². The number of nitrogens with zero attached hydrogens (tertiary/aromatic N) is 1. The number of aliphatic carboxylic acids is 1. The van der Waals surface area contributed by atoms with Gasteiger partial charge in [-0.2, -0.15) is 17.0 Å². The van der Waals surface area contributed by atoms with Crippen LogP contribution in [0.3, 0.4) is 0 Å². The molecule has 1 aromatic carbocycles. The average molecular weight is 291 g/mol. The van der Waals surface area contributed by atoms with Gasteiger partial charge in [-0.25, -0.2) is 0 Å². The molecular weight excluding hydrogens is 274 g/mol. The molecular formula is C15H17NO3S. The molecule has 106 valence electrons. The summed E-state index contributed by atoms with van der Waals surface area (Å²) in [6, 6.07) is 7.65. The molecule has 1 fully saturated rings. The highest BCUT2D eigenvalue weighted by Gasteiger charge is 2.43. The van der Waals surface area contributed by atoms with Crippen LogP contribution in [0.15, 0.2) is 18.2 Å². The molecule has 20 heavy (non-hydrogen) atoms. The molecule has 1 aliphatic rings. The highest BCUT2D eigenvalue weighted by Crippen LogP contribution is 2.51. The maximum Gasteiger partial charge on any atom is 0.303 e. The van der Waals surface area contributed by atoms with Crippen molar-refractivity contribution in [1.82, 2.24) is 0 Å². The van der Waals surface area contributed by atoms with Crippen LogP contribution in [0.5, 0.6) is 5.75 Å². The summed E-state index contributed by atoms with van der Waals surface area (Å²) in [6.07, 6.45) is 2.31. The van der Waals surface area contributed by atoms with Crippen molar-refractivity contribution in [2.45, 2.75) is 25.0 Å². The van der Waals surface area contributed by atoms with Crippen LogP contribution < -0.4 is 4.74 Å². The standard InChI is InChI=1S/C15H17NO3S/c1-19-13-6-11(2-3-12(13)8-16)9-20-10-15(4-5-15)7-14(17)18/h2-3,6H,4-5,7,9-10H2,1H3,(H,17,18). The van der Waals surface area contributed by atoms with Crippen molar-refractivity contribution < 1.29 is 14.6 Å². The van der Waals surface area contributed by atoms with Gasteiger partial charge in [-0.15, -0.1) is 0 Å². The zero-order chi connectivity index (χ0) is 14.6. The number of thioether (sulfide) groups is 1. The van der Waals surface area contributed by atoms with Gasteiger partial charge in [-0.3, -0.25) is 4.79 Å². The monoisotopic (exact) mass is 291 g/mol. The van der Waals surface area contributed by atoms with Crippen molar-refractivity contribution in [2.75, 3.05) is 12.9 Å². The second-order valence-electron chi connectivity index (χ2n) is 5.21. The van der Waals surface area contributed by atoms with Crippen LogP contribution in [0.2, 0.25) is 0 Å². The molecule has 0 saturated heterocycles. The predicted molar refractivity (Wildman–Crippen MR) is 77.8 cm³/mol. The lowest BCUT2D eigenvalue weighted by atomic mass is 10.1. The first-order valence-corrected chi connectivity index (χ1v) is 7.61. The van der Waals surface area contributed by atoms with Crippen LogP contribution in [-0.4, -0.2) is 23.9 Å². The molecule has 1 aromatic rings. The van der Waals surface area contributed by atoms with Gasteiger partial charge >= 0.3 is 5.97 Å². The molecule has 0 spiro atoms. The number of hydrogen-bond donors (Lipinski definition) is 1. The molecule has 5 heteroatoms. The van der Waals surface area contributed by atoms with Crippen molar-refractivity contribution in [3.63, 3.8) is 0 Å². The minimum absolute atomic E-state index is 0.0210. The minimum atomic E-state index is -0.705. The largest absolute Gasteiger partial charge is 0.495 e. The quantitative estimate of drug-likeness (QED) is 0.836. The third kappa shape index (κ3) is 3.67. The van der Waals surface area contributed by atoms with E-state index in [1.807, 2.05) is 12.1 Å². The van der Waals surface area contributed by atoms with E-state index in [1.54, 1.807) is 24.9 Å². The fraction of sp³-hybridized carbons (Fsp3) is 0.467. The van der Waals surface area contributed by atoms with Crippen LogP contribution >= 0.6 is 11.8 Å². The van der Waals surface area contributed by atoms with Crippen molar-refractivity contribution >= 4 is 17.7 Å². The van der Waals surface area contributed by atoms with E-state index in [0.717, 1.165) is 29.9 Å². The number of rotatable bonds is 7. The van der Waals surface area contributed by atoms with Gasteiger partial charge < -0.3 is 9.84 Å². The first-order chi connectivity index (χ1) is 9.58. The first-order valence-electron chi connectivity index (χ1n) is 6.45. The molecule has 0 aromatic heterocycles. The number of ether oxygens (including phenoxy) is 1. The number of carboxylic acids is 1. The van der Waals surface area contributed by atoms with Crippen LogP contribution in [0.25, 0.3) is 0 Å². The molecule has 0 heterocycles. The predicted octanol–water partition coefficient (Wildman–Crippen LogP) is 3.05. The molecule has 1 saturated carbocycles. The van der Waals surface area contributed by atoms with E-state index in [-0.39, 0.29) is 11.8 Å². The van der Waals surface area contributed by atoms with E-state index in [1.165, 1.54) is 0 Å². The van der Waals surface area contributed by atoms with Crippen molar-refractivity contribution in [1.29, 1.82) is 5.26 Å². The third-order valence-corrected chi connectivity index (χ3v) is 4.90. The molecule has 0 radical (unpaired) electrons. The molecule has 4 nitrogen and oxygen atoms in total. The zero-order valence-corrected chi connectivity index (χ0v) is 12.2. The van der Waals surface area contributed by atoms with E-state index < -0.39 is 5.97 Å². The second kappa shape index (κ2) is 6.19. The Morgan fingerprint density at radius 2 is 2.30 bits per heavy atom. The molecule has 2 rings (SSSR count).